The maximum Gasteiger partial charge on any atom is 0.330 e. The third-order valence-corrected chi connectivity index (χ3v) is 11.7. The van der Waals surface area contributed by atoms with Crippen LogP contribution in [0.4, 0.5) is 0 Å². The highest BCUT2D eigenvalue weighted by molar-refractivity contribution is 8.33. The van der Waals surface area contributed by atoms with E-state index in [1.54, 1.807) is 0 Å². The highest BCUT2D eigenvalue weighted by Gasteiger charge is 2.40. The fraction of sp³-hybridized carbons (Fsp3) is 0.278. The fourth-order valence-electron chi connectivity index (χ4n) is 6.82. The van der Waals surface area contributed by atoms with Gasteiger partial charge in [0, 0.05) is 10.8 Å². The molecule has 2 heterocycles. The van der Waals surface area contributed by atoms with Crippen LogP contribution in [0.15, 0.2) is 82.6 Å². The topological polar surface area (TPSA) is 52.5 Å². The molecule has 0 atom stereocenters. The molecule has 204 valence electrons. The quantitative estimate of drug-likeness (QED) is 0.194. The summed E-state index contributed by atoms with van der Waals surface area (Å²) in [7, 11) is -1.24. The van der Waals surface area contributed by atoms with Crippen molar-refractivity contribution in [2.45, 2.75) is 62.2 Å². The van der Waals surface area contributed by atoms with Crippen molar-refractivity contribution in [3.8, 4) is 12.1 Å². The normalized spacial score (nSPS) is 14.3. The van der Waals surface area contributed by atoms with E-state index in [1.165, 1.54) is 31.8 Å². The fourth-order valence-corrected chi connectivity index (χ4v) is 9.43. The molecular weight excluding hydrogens is 517 g/mol. The average Bonchev–Trinajstić information content (AvgIpc) is 3.32. The van der Waals surface area contributed by atoms with Crippen molar-refractivity contribution < 1.29 is 0 Å². The lowest BCUT2D eigenvalue weighted by atomic mass is 9.49. The van der Waals surface area contributed by atoms with Crippen molar-refractivity contribution in [3.63, 3.8) is 0 Å². The van der Waals surface area contributed by atoms with E-state index in [0.29, 0.717) is 11.1 Å². The Bertz CT molecular complexity index is 1750. The van der Waals surface area contributed by atoms with E-state index in [4.69, 9.17) is 0 Å². The summed E-state index contributed by atoms with van der Waals surface area (Å²) < 4.78 is 2.35. The Hall–Kier alpha value is -3.93. The second-order valence-corrected chi connectivity index (χ2v) is 15.2. The summed E-state index contributed by atoms with van der Waals surface area (Å²) in [5, 5.41) is 23.3. The molecule has 0 amide bonds. The van der Waals surface area contributed by atoms with Crippen molar-refractivity contribution in [2.24, 2.45) is 0 Å². The van der Waals surface area contributed by atoms with Gasteiger partial charge in [-0.3, -0.25) is 0 Å². The molecular formula is C36H36BN3S. The minimum absolute atomic E-state index is 0.134. The van der Waals surface area contributed by atoms with Gasteiger partial charge < -0.3 is 4.48 Å². The van der Waals surface area contributed by atoms with Crippen LogP contribution < -0.4 is 10.9 Å². The first-order valence-electron chi connectivity index (χ1n) is 14.8. The summed E-state index contributed by atoms with van der Waals surface area (Å²) in [6, 6.07) is 31.6. The summed E-state index contributed by atoms with van der Waals surface area (Å²) in [6.45, 7) is 4.28. The minimum atomic E-state index is -1.24. The summed E-state index contributed by atoms with van der Waals surface area (Å²) in [5.41, 5.74) is 8.19. The Morgan fingerprint density at radius 1 is 0.683 bits per heavy atom. The maximum atomic E-state index is 10.6. The molecule has 0 unspecified atom stereocenters. The van der Waals surface area contributed by atoms with Gasteiger partial charge in [-0.15, -0.1) is 0 Å². The van der Waals surface area contributed by atoms with Gasteiger partial charge in [0.05, 0.1) is 22.2 Å². The Balaban J connectivity index is 1.79. The van der Waals surface area contributed by atoms with Crippen LogP contribution in [0.25, 0.3) is 21.8 Å². The largest absolute Gasteiger partial charge is 0.374 e. The Labute approximate surface area is 245 Å². The second kappa shape index (κ2) is 10.8. The number of nitrogens with zero attached hydrogens (tertiary/aromatic N) is 3. The molecule has 4 aromatic carbocycles. The van der Waals surface area contributed by atoms with Crippen molar-refractivity contribution >= 4 is 49.6 Å². The number of nitriles is 2. The van der Waals surface area contributed by atoms with Crippen LogP contribution in [0.2, 0.25) is 0 Å². The molecule has 0 spiro atoms. The lowest BCUT2D eigenvalue weighted by Crippen LogP contribution is -2.54. The summed E-state index contributed by atoms with van der Waals surface area (Å²) in [5.74, 6) is 0. The first-order valence-corrected chi connectivity index (χ1v) is 17.2. The van der Waals surface area contributed by atoms with Gasteiger partial charge in [0.15, 0.2) is 0 Å². The van der Waals surface area contributed by atoms with Gasteiger partial charge in [-0.2, -0.15) is 20.6 Å². The lowest BCUT2D eigenvalue weighted by Gasteiger charge is -2.42. The van der Waals surface area contributed by atoms with E-state index in [9.17, 15) is 10.5 Å². The van der Waals surface area contributed by atoms with Gasteiger partial charge >= 0.3 is 6.85 Å². The molecule has 0 N–H and O–H groups in total. The van der Waals surface area contributed by atoms with Crippen LogP contribution in [-0.2, 0) is 12.8 Å². The number of fused-ring (bicyclic) bond motifs is 5. The van der Waals surface area contributed by atoms with Crippen molar-refractivity contribution in [3.05, 3.63) is 95.1 Å². The van der Waals surface area contributed by atoms with Crippen LogP contribution >= 0.6 is 10.0 Å². The van der Waals surface area contributed by atoms with Gasteiger partial charge in [0.2, 0.25) is 0 Å². The van der Waals surface area contributed by atoms with E-state index in [2.05, 4.69) is 116 Å². The molecule has 0 saturated heterocycles. The van der Waals surface area contributed by atoms with Crippen molar-refractivity contribution in [1.29, 1.82) is 10.5 Å². The predicted molar refractivity (Wildman–Crippen MR) is 175 cm³/mol. The molecule has 0 radical (unpaired) electrons. The van der Waals surface area contributed by atoms with E-state index in [-0.39, 0.29) is 6.85 Å². The zero-order valence-electron chi connectivity index (χ0n) is 24.5. The van der Waals surface area contributed by atoms with Crippen molar-refractivity contribution in [2.75, 3.05) is 12.5 Å². The molecule has 41 heavy (non-hydrogen) atoms. The van der Waals surface area contributed by atoms with Gasteiger partial charge in [-0.05, 0) is 94.3 Å². The number of rotatable bonds is 7. The van der Waals surface area contributed by atoms with Gasteiger partial charge in [-0.1, -0.05) is 75.2 Å². The first kappa shape index (κ1) is 27.3. The molecule has 1 aromatic heterocycles. The molecule has 3 nitrogen and oxygen atoms in total. The predicted octanol–water partition coefficient (Wildman–Crippen LogP) is 7.67. The molecule has 1 aliphatic heterocycles. The molecule has 6 rings (SSSR count). The Morgan fingerprint density at radius 2 is 1.12 bits per heavy atom. The Kier molecular flexibility index (Phi) is 7.19. The minimum Gasteiger partial charge on any atom is -0.374 e. The van der Waals surface area contributed by atoms with Crippen LogP contribution in [0, 0.1) is 22.7 Å². The number of aryl methyl sites for hydroxylation is 2. The third kappa shape index (κ3) is 4.35. The molecule has 0 bridgehead atoms. The van der Waals surface area contributed by atoms with E-state index in [0.717, 1.165) is 60.3 Å². The number of unbranched alkanes of at least 4 members (excludes halogenated alkanes) is 2. The zero-order valence-corrected chi connectivity index (χ0v) is 25.3. The van der Waals surface area contributed by atoms with Gasteiger partial charge in [0.1, 0.15) is 12.1 Å². The molecule has 5 aromatic rings. The summed E-state index contributed by atoms with van der Waals surface area (Å²) >= 11 is 0. The second-order valence-electron chi connectivity index (χ2n) is 11.7. The molecule has 0 aliphatic carbocycles. The van der Waals surface area contributed by atoms with Crippen LogP contribution in [0.1, 0.15) is 61.8 Å². The standard InChI is InChI=1S/C36H36BN3S/c1-5-7-13-25-19-27(23-38)35-29(21-25)30-22-26(14-8-6-2)20-28(24-39)36(30)40(35)37-31-15-9-11-17-33(31)41(3,4)34-18-12-10-16-32(34)37/h9-12,15-22H,5-8,13-14H2,1-4H3. The van der Waals surface area contributed by atoms with Crippen LogP contribution in [-0.4, -0.2) is 23.8 Å². The van der Waals surface area contributed by atoms with Crippen molar-refractivity contribution in [1.82, 2.24) is 4.48 Å². The smallest absolute Gasteiger partial charge is 0.330 e. The number of benzene rings is 4. The zero-order chi connectivity index (χ0) is 28.7. The van der Waals surface area contributed by atoms with Crippen LogP contribution in [0.3, 0.4) is 0 Å². The number of hydrogen-bond donors (Lipinski definition) is 0. The monoisotopic (exact) mass is 553 g/mol. The molecule has 0 saturated carbocycles. The van der Waals surface area contributed by atoms with E-state index >= 15 is 0 Å². The lowest BCUT2D eigenvalue weighted by molar-refractivity contribution is 0.795. The number of aromatic nitrogens is 1. The van der Waals surface area contributed by atoms with Gasteiger partial charge in [0.25, 0.3) is 0 Å². The number of hydrogen-bond acceptors (Lipinski definition) is 2. The highest BCUT2D eigenvalue weighted by Crippen LogP contribution is 2.57. The van der Waals surface area contributed by atoms with Gasteiger partial charge in [-0.25, -0.2) is 0 Å². The molecule has 5 heteroatoms. The summed E-state index contributed by atoms with van der Waals surface area (Å²) in [4.78, 5) is 2.74. The van der Waals surface area contributed by atoms with E-state index in [1.807, 2.05) is 0 Å². The summed E-state index contributed by atoms with van der Waals surface area (Å²) in [6.07, 6.45) is 11.0. The SMILES string of the molecule is CCCCc1cc(C#N)c2c(c1)c1cc(CCCC)cc(C#N)c1n2B1c2ccccc2S(C)(C)c2ccccc21. The third-order valence-electron chi connectivity index (χ3n) is 8.78. The highest BCUT2D eigenvalue weighted by atomic mass is 32.3. The van der Waals surface area contributed by atoms with E-state index < -0.39 is 10.0 Å². The maximum absolute atomic E-state index is 10.6. The Morgan fingerprint density at radius 3 is 1.54 bits per heavy atom. The van der Waals surface area contributed by atoms with Crippen LogP contribution in [0.5, 0.6) is 0 Å². The first-order chi connectivity index (χ1) is 19.9. The average molecular weight is 554 g/mol. The molecule has 0 fully saturated rings. The molecule has 1 aliphatic rings.